The van der Waals surface area contributed by atoms with E-state index in [4.69, 9.17) is 0 Å². The number of rotatable bonds is 21. The van der Waals surface area contributed by atoms with Gasteiger partial charge in [0.05, 0.1) is 25.0 Å². The van der Waals surface area contributed by atoms with Crippen molar-refractivity contribution in [2.75, 3.05) is 40.8 Å². The van der Waals surface area contributed by atoms with E-state index in [2.05, 4.69) is 47.0 Å². The summed E-state index contributed by atoms with van der Waals surface area (Å²) in [6.45, 7) is 16.8. The molecule has 0 aliphatic heterocycles. The first-order valence-electron chi connectivity index (χ1n) is 19.4. The van der Waals surface area contributed by atoms with Crippen LogP contribution in [0.25, 0.3) is 0 Å². The van der Waals surface area contributed by atoms with Crippen molar-refractivity contribution in [3.63, 3.8) is 0 Å². The first kappa shape index (κ1) is 50.0. The lowest BCUT2D eigenvalue weighted by atomic mass is 9.96. The summed E-state index contributed by atoms with van der Waals surface area (Å²) in [7, 11) is 5.09. The number of urea groups is 1. The zero-order valence-corrected chi connectivity index (χ0v) is 35.5. The van der Waals surface area contributed by atoms with E-state index >= 15 is 0 Å². The molecule has 14 heteroatoms. The number of nitrogens with zero attached hydrogens (tertiary/aromatic N) is 3. The summed E-state index contributed by atoms with van der Waals surface area (Å²) in [5.74, 6) is -2.67. The third kappa shape index (κ3) is 21.0. The van der Waals surface area contributed by atoms with E-state index in [1.165, 1.54) is 29.1 Å². The first-order chi connectivity index (χ1) is 25.6. The number of carbonyl (C=O) groups is 5. The summed E-state index contributed by atoms with van der Waals surface area (Å²) in [6.07, 6.45) is 5.63. The van der Waals surface area contributed by atoms with Crippen LogP contribution in [0.2, 0.25) is 0 Å². The van der Waals surface area contributed by atoms with Crippen LogP contribution < -0.4 is 21.3 Å². The number of carboxylic acid groups (broad SMARTS) is 1. The van der Waals surface area contributed by atoms with Gasteiger partial charge in [0.15, 0.2) is 0 Å². The lowest BCUT2D eigenvalue weighted by Crippen LogP contribution is -2.47. The number of aliphatic carboxylic acids is 1. The van der Waals surface area contributed by atoms with E-state index in [1.54, 1.807) is 26.4 Å². The fraction of sp³-hybridized carbons (Fsp3) is 0.650. The van der Waals surface area contributed by atoms with Crippen LogP contribution >= 0.6 is 11.3 Å². The molecule has 0 aliphatic rings. The summed E-state index contributed by atoms with van der Waals surface area (Å²) in [6, 6.07) is 7.70. The van der Waals surface area contributed by atoms with Gasteiger partial charge in [0.1, 0.15) is 10.7 Å². The quantitative estimate of drug-likeness (QED) is 0.101. The van der Waals surface area contributed by atoms with E-state index in [0.29, 0.717) is 11.4 Å². The molecule has 0 radical (unpaired) electrons. The van der Waals surface area contributed by atoms with E-state index in [1.807, 2.05) is 70.0 Å². The maximum Gasteiger partial charge on any atom is 0.317 e. The highest BCUT2D eigenvalue weighted by Gasteiger charge is 2.28. The standard InChI is InChI=1S/C34H53N7O6S.C4H10.C2H6/c1-8-9-15-41(7)20-30(43)35-19-29(42)37-26(22(2)3)18-27(39-34(47)40(5)6)32-38-28(21-48-32)31(44)36-25(16-23(4)33(45)46)17-24-13-11-10-12-14-24;1-3-4-2;1-2/h10-14,21-23,25-27H,8-9,15-20H2,1-7H3,(H,35,43)(H,36,44)(H,37,42)(H,39,47)(H,45,46);3-4H2,1-2H3;1-2H3. The summed E-state index contributed by atoms with van der Waals surface area (Å²) in [5.41, 5.74) is 1.11. The highest BCUT2D eigenvalue weighted by atomic mass is 32.1. The lowest BCUT2D eigenvalue weighted by molar-refractivity contribution is -0.141. The van der Waals surface area contributed by atoms with Gasteiger partial charge in [-0.25, -0.2) is 9.78 Å². The third-order valence-corrected chi connectivity index (χ3v) is 9.33. The zero-order chi connectivity index (χ0) is 41.2. The molecule has 0 spiro atoms. The molecule has 4 unspecified atom stereocenters. The monoisotopic (exact) mass is 776 g/mol. The molecular weight excluding hydrogens is 707 g/mol. The number of hydrogen-bond donors (Lipinski definition) is 5. The Balaban J connectivity index is 0.00000437. The van der Waals surface area contributed by atoms with Crippen LogP contribution in [0.4, 0.5) is 4.79 Å². The smallest absolute Gasteiger partial charge is 0.317 e. The van der Waals surface area contributed by atoms with Gasteiger partial charge in [0.25, 0.3) is 5.91 Å². The summed E-state index contributed by atoms with van der Waals surface area (Å²) >= 11 is 1.21. The normalized spacial score (nSPS) is 12.8. The Labute approximate surface area is 328 Å². The van der Waals surface area contributed by atoms with Gasteiger partial charge < -0.3 is 31.3 Å². The molecule has 1 heterocycles. The second kappa shape index (κ2) is 28.4. The molecule has 13 nitrogen and oxygen atoms in total. The molecule has 54 heavy (non-hydrogen) atoms. The second-order valence-corrected chi connectivity index (χ2v) is 14.7. The van der Waals surface area contributed by atoms with Crippen molar-refractivity contribution in [1.82, 2.24) is 36.1 Å². The molecule has 0 bridgehead atoms. The average molecular weight is 776 g/mol. The fourth-order valence-electron chi connectivity index (χ4n) is 4.93. The molecule has 0 fully saturated rings. The Bertz CT molecular complexity index is 1370. The Morgan fingerprint density at radius 3 is 2.02 bits per heavy atom. The van der Waals surface area contributed by atoms with Crippen LogP contribution in [-0.2, 0) is 20.8 Å². The van der Waals surface area contributed by atoms with E-state index in [9.17, 15) is 29.1 Å². The molecule has 2 rings (SSSR count). The van der Waals surface area contributed by atoms with Gasteiger partial charge in [-0.05, 0) is 50.8 Å². The molecule has 306 valence electrons. The van der Waals surface area contributed by atoms with Crippen LogP contribution in [0, 0.1) is 11.8 Å². The topological polar surface area (TPSA) is 173 Å². The number of carboxylic acids is 1. The van der Waals surface area contributed by atoms with E-state index in [-0.39, 0.29) is 61.4 Å². The minimum Gasteiger partial charge on any atom is -0.481 e. The van der Waals surface area contributed by atoms with Crippen LogP contribution in [0.3, 0.4) is 0 Å². The van der Waals surface area contributed by atoms with Crippen molar-refractivity contribution < 1.29 is 29.1 Å². The van der Waals surface area contributed by atoms with Crippen LogP contribution in [0.15, 0.2) is 35.7 Å². The number of nitrogens with one attached hydrogen (secondary N) is 4. The van der Waals surface area contributed by atoms with E-state index in [0.717, 1.165) is 24.9 Å². The van der Waals surface area contributed by atoms with Gasteiger partial charge in [0, 0.05) is 31.6 Å². The number of likely N-dealkylation sites (N-methyl/N-ethyl adjacent to an activating group) is 1. The molecule has 1 aromatic carbocycles. The number of hydrogen-bond acceptors (Lipinski definition) is 8. The number of unbranched alkanes of at least 4 members (excludes halogenated alkanes) is 2. The molecule has 0 saturated carbocycles. The maximum absolute atomic E-state index is 13.4. The van der Waals surface area contributed by atoms with Gasteiger partial charge in [-0.3, -0.25) is 24.1 Å². The Hall–Kier alpha value is -4.04. The van der Waals surface area contributed by atoms with Gasteiger partial charge in [-0.1, -0.05) is 105 Å². The fourth-order valence-corrected chi connectivity index (χ4v) is 5.79. The average Bonchev–Trinajstić information content (AvgIpc) is 3.64. The largest absolute Gasteiger partial charge is 0.481 e. The molecular formula is C40H69N7O6S. The third-order valence-electron chi connectivity index (χ3n) is 8.37. The molecule has 1 aromatic heterocycles. The van der Waals surface area contributed by atoms with Crippen molar-refractivity contribution >= 4 is 41.1 Å². The Kier molecular flexibility index (Phi) is 26.3. The van der Waals surface area contributed by atoms with Crippen LogP contribution in [0.1, 0.15) is 121 Å². The van der Waals surface area contributed by atoms with Crippen LogP contribution in [0.5, 0.6) is 0 Å². The van der Waals surface area contributed by atoms with Gasteiger partial charge in [0.2, 0.25) is 11.8 Å². The van der Waals surface area contributed by atoms with Crippen molar-refractivity contribution in [1.29, 1.82) is 0 Å². The predicted octanol–water partition coefficient (Wildman–Crippen LogP) is 6.12. The lowest BCUT2D eigenvalue weighted by Gasteiger charge is -2.28. The van der Waals surface area contributed by atoms with Crippen molar-refractivity contribution in [2.45, 2.75) is 118 Å². The maximum atomic E-state index is 13.4. The molecule has 5 amide bonds. The Morgan fingerprint density at radius 1 is 0.852 bits per heavy atom. The first-order valence-corrected chi connectivity index (χ1v) is 20.2. The highest BCUT2D eigenvalue weighted by Crippen LogP contribution is 2.26. The number of amides is 5. The minimum atomic E-state index is -0.943. The molecule has 0 saturated heterocycles. The van der Waals surface area contributed by atoms with E-state index < -0.39 is 29.9 Å². The number of carbonyl (C=O) groups excluding carboxylic acids is 4. The highest BCUT2D eigenvalue weighted by molar-refractivity contribution is 7.09. The van der Waals surface area contributed by atoms with Crippen molar-refractivity contribution in [3.8, 4) is 0 Å². The summed E-state index contributed by atoms with van der Waals surface area (Å²) < 4.78 is 0. The molecule has 5 N–H and O–H groups in total. The van der Waals surface area contributed by atoms with Crippen LogP contribution in [-0.4, -0.2) is 102 Å². The van der Waals surface area contributed by atoms with Crippen molar-refractivity contribution in [3.05, 3.63) is 52.0 Å². The summed E-state index contributed by atoms with van der Waals surface area (Å²) in [4.78, 5) is 70.8. The van der Waals surface area contributed by atoms with Crippen molar-refractivity contribution in [2.24, 2.45) is 11.8 Å². The predicted molar refractivity (Wildman–Crippen MR) is 219 cm³/mol. The van der Waals surface area contributed by atoms with Gasteiger partial charge in [-0.2, -0.15) is 0 Å². The second-order valence-electron chi connectivity index (χ2n) is 13.8. The molecule has 0 aliphatic carbocycles. The van der Waals surface area contributed by atoms with Gasteiger partial charge >= 0.3 is 12.0 Å². The summed E-state index contributed by atoms with van der Waals surface area (Å²) in [5, 5.41) is 23.2. The number of benzene rings is 1. The number of thiazole rings is 1. The van der Waals surface area contributed by atoms with Gasteiger partial charge in [-0.15, -0.1) is 11.3 Å². The molecule has 4 atom stereocenters. The molecule has 2 aromatic rings. The minimum absolute atomic E-state index is 0.0266. The SMILES string of the molecule is CC.CCCC.CCCCN(C)CC(=O)NCC(=O)NC(CC(NC(=O)N(C)C)c1nc(C(=O)NC(Cc2ccccc2)CC(C)C(=O)O)cs1)C(C)C. The Morgan fingerprint density at radius 2 is 1.48 bits per heavy atom. The zero-order valence-electron chi connectivity index (χ0n) is 34.7. The number of aromatic nitrogens is 1.